The van der Waals surface area contributed by atoms with Gasteiger partial charge in [0.05, 0.1) is 6.54 Å². The van der Waals surface area contributed by atoms with Crippen molar-refractivity contribution in [3.8, 4) is 0 Å². The van der Waals surface area contributed by atoms with Crippen molar-refractivity contribution in [3.05, 3.63) is 34.3 Å². The highest BCUT2D eigenvalue weighted by molar-refractivity contribution is 9.10. The van der Waals surface area contributed by atoms with Crippen molar-refractivity contribution in [3.63, 3.8) is 0 Å². The molecule has 0 aliphatic carbocycles. The number of hydrogen-bond donors (Lipinski definition) is 1. The summed E-state index contributed by atoms with van der Waals surface area (Å²) in [7, 11) is 0. The first-order valence-electron chi connectivity index (χ1n) is 7.14. The Morgan fingerprint density at radius 3 is 2.33 bits per heavy atom. The van der Waals surface area contributed by atoms with Crippen LogP contribution in [0.5, 0.6) is 0 Å². The number of likely N-dealkylation sites (tertiary alicyclic amines) is 1. The van der Waals surface area contributed by atoms with Crippen LogP contribution in [0.1, 0.15) is 31.4 Å². The summed E-state index contributed by atoms with van der Waals surface area (Å²) in [5.74, 6) is 0. The lowest BCUT2D eigenvalue weighted by Crippen LogP contribution is -2.46. The van der Waals surface area contributed by atoms with Crippen LogP contribution in [0, 0.1) is 0 Å². The molecule has 1 atom stereocenters. The normalized spacial score (nSPS) is 19.7. The van der Waals surface area contributed by atoms with Crippen LogP contribution in [0.3, 0.4) is 0 Å². The van der Waals surface area contributed by atoms with Crippen LogP contribution in [0.25, 0.3) is 0 Å². The van der Waals surface area contributed by atoms with E-state index in [1.807, 2.05) is 12.1 Å². The Kier molecular flexibility index (Phi) is 5.68. The van der Waals surface area contributed by atoms with E-state index in [9.17, 15) is 13.2 Å². The zero-order valence-electron chi connectivity index (χ0n) is 12.0. The fraction of sp³-hybridized carbons (Fsp3) is 0.600. The maximum absolute atomic E-state index is 12.3. The number of alkyl halides is 3. The van der Waals surface area contributed by atoms with Gasteiger partial charge in [0.2, 0.25) is 0 Å². The summed E-state index contributed by atoms with van der Waals surface area (Å²) in [6, 6.07) is 8.60. The van der Waals surface area contributed by atoms with Crippen LogP contribution < -0.4 is 5.32 Å². The van der Waals surface area contributed by atoms with E-state index in [4.69, 9.17) is 0 Å². The van der Waals surface area contributed by atoms with Gasteiger partial charge in [0.1, 0.15) is 0 Å². The number of rotatable bonds is 4. The van der Waals surface area contributed by atoms with Gasteiger partial charge in [-0.2, -0.15) is 13.2 Å². The fourth-order valence-corrected chi connectivity index (χ4v) is 2.98. The van der Waals surface area contributed by atoms with Gasteiger partial charge in [-0.3, -0.25) is 4.90 Å². The van der Waals surface area contributed by atoms with Crippen LogP contribution in [0.2, 0.25) is 0 Å². The smallest absolute Gasteiger partial charge is 0.307 e. The molecule has 1 saturated heterocycles. The van der Waals surface area contributed by atoms with Gasteiger partial charge in [0, 0.05) is 16.6 Å². The lowest BCUT2D eigenvalue weighted by molar-refractivity contribution is -0.148. The molecule has 1 aromatic rings. The maximum atomic E-state index is 12.3. The minimum atomic E-state index is -4.09. The molecule has 0 saturated carbocycles. The van der Waals surface area contributed by atoms with Gasteiger partial charge >= 0.3 is 6.18 Å². The number of nitrogens with zero attached hydrogens (tertiary/aromatic N) is 1. The summed E-state index contributed by atoms with van der Waals surface area (Å²) < 4.78 is 38.1. The van der Waals surface area contributed by atoms with E-state index in [0.29, 0.717) is 13.1 Å². The van der Waals surface area contributed by atoms with E-state index < -0.39 is 12.7 Å². The second-order valence-corrected chi connectivity index (χ2v) is 6.52. The van der Waals surface area contributed by atoms with Crippen molar-refractivity contribution in [2.75, 3.05) is 19.6 Å². The molecule has 1 aromatic carbocycles. The van der Waals surface area contributed by atoms with Crippen LogP contribution in [0.15, 0.2) is 28.7 Å². The van der Waals surface area contributed by atoms with Crippen molar-refractivity contribution in [2.24, 2.45) is 0 Å². The van der Waals surface area contributed by atoms with Gasteiger partial charge in [0.25, 0.3) is 0 Å². The minimum Gasteiger partial charge on any atom is -0.307 e. The first-order chi connectivity index (χ1) is 9.83. The predicted molar refractivity (Wildman–Crippen MR) is 81.2 cm³/mol. The van der Waals surface area contributed by atoms with Crippen molar-refractivity contribution in [1.82, 2.24) is 10.2 Å². The first kappa shape index (κ1) is 16.8. The predicted octanol–water partition coefficient (Wildman–Crippen LogP) is 4.13. The summed E-state index contributed by atoms with van der Waals surface area (Å²) in [5.41, 5.74) is 1.19. The Bertz CT molecular complexity index is 439. The van der Waals surface area contributed by atoms with Crippen molar-refractivity contribution >= 4 is 15.9 Å². The first-order valence-corrected chi connectivity index (χ1v) is 7.93. The fourth-order valence-electron chi connectivity index (χ4n) is 2.71. The third-order valence-corrected chi connectivity index (χ3v) is 4.37. The molecule has 0 bridgehead atoms. The molecule has 1 aliphatic rings. The quantitative estimate of drug-likeness (QED) is 0.863. The summed E-state index contributed by atoms with van der Waals surface area (Å²) in [6.45, 7) is 2.31. The van der Waals surface area contributed by atoms with Crippen molar-refractivity contribution < 1.29 is 13.2 Å². The average molecular weight is 365 g/mol. The molecule has 0 aromatic heterocycles. The Balaban J connectivity index is 1.79. The minimum absolute atomic E-state index is 0.206. The molecule has 21 heavy (non-hydrogen) atoms. The summed E-state index contributed by atoms with van der Waals surface area (Å²) in [4.78, 5) is 1.49. The molecule has 1 fully saturated rings. The Morgan fingerprint density at radius 2 is 1.81 bits per heavy atom. The van der Waals surface area contributed by atoms with Crippen LogP contribution in [-0.2, 0) is 0 Å². The molecule has 1 N–H and O–H groups in total. The summed E-state index contributed by atoms with van der Waals surface area (Å²) >= 11 is 3.41. The molecule has 2 rings (SSSR count). The maximum Gasteiger partial charge on any atom is 0.401 e. The number of benzene rings is 1. The highest BCUT2D eigenvalue weighted by Crippen LogP contribution is 2.22. The molecule has 118 valence electrons. The molecule has 1 aliphatic heterocycles. The SMILES string of the molecule is C[C@H](NC1CCN(CC(F)(F)F)CC1)c1ccc(Br)cc1. The molecule has 0 unspecified atom stereocenters. The third-order valence-electron chi connectivity index (χ3n) is 3.85. The third kappa shape index (κ3) is 5.60. The van der Waals surface area contributed by atoms with Crippen LogP contribution in [0.4, 0.5) is 13.2 Å². The molecule has 0 spiro atoms. The molecule has 0 radical (unpaired) electrons. The van der Waals surface area contributed by atoms with E-state index in [1.54, 1.807) is 0 Å². The Labute approximate surface area is 131 Å². The zero-order valence-corrected chi connectivity index (χ0v) is 13.5. The summed E-state index contributed by atoms with van der Waals surface area (Å²) in [5, 5.41) is 3.51. The van der Waals surface area contributed by atoms with Gasteiger partial charge in [0.15, 0.2) is 0 Å². The zero-order chi connectivity index (χ0) is 15.5. The van der Waals surface area contributed by atoms with Crippen LogP contribution >= 0.6 is 15.9 Å². The monoisotopic (exact) mass is 364 g/mol. The van der Waals surface area contributed by atoms with E-state index in [2.05, 4.69) is 40.3 Å². The highest BCUT2D eigenvalue weighted by Gasteiger charge is 2.32. The summed E-state index contributed by atoms with van der Waals surface area (Å²) in [6.07, 6.45) is -2.57. The van der Waals surface area contributed by atoms with Crippen LogP contribution in [-0.4, -0.2) is 36.8 Å². The largest absolute Gasteiger partial charge is 0.401 e. The van der Waals surface area contributed by atoms with Gasteiger partial charge in [-0.1, -0.05) is 28.1 Å². The van der Waals surface area contributed by atoms with Gasteiger partial charge < -0.3 is 5.32 Å². The number of nitrogens with one attached hydrogen (secondary N) is 1. The van der Waals surface area contributed by atoms with Gasteiger partial charge in [-0.15, -0.1) is 0 Å². The number of piperidine rings is 1. The van der Waals surface area contributed by atoms with E-state index in [1.165, 1.54) is 10.5 Å². The second kappa shape index (κ2) is 7.11. The number of halogens is 4. The number of hydrogen-bond acceptors (Lipinski definition) is 2. The van der Waals surface area contributed by atoms with Gasteiger partial charge in [-0.25, -0.2) is 0 Å². The molecule has 6 heteroatoms. The topological polar surface area (TPSA) is 15.3 Å². The molecule has 1 heterocycles. The second-order valence-electron chi connectivity index (χ2n) is 5.61. The lowest BCUT2D eigenvalue weighted by atomic mass is 10.0. The molecule has 2 nitrogen and oxygen atoms in total. The molecular weight excluding hydrogens is 345 g/mol. The van der Waals surface area contributed by atoms with Crippen molar-refractivity contribution in [1.29, 1.82) is 0 Å². The standard InChI is InChI=1S/C15H20BrF3N2/c1-11(12-2-4-13(16)5-3-12)20-14-6-8-21(9-7-14)10-15(17,18)19/h2-5,11,14,20H,6-10H2,1H3/t11-/m0/s1. The van der Waals surface area contributed by atoms with Gasteiger partial charge in [-0.05, 0) is 50.6 Å². The van der Waals surface area contributed by atoms with E-state index in [-0.39, 0.29) is 12.1 Å². The molecule has 0 amide bonds. The van der Waals surface area contributed by atoms with E-state index >= 15 is 0 Å². The molecular formula is C15H20BrF3N2. The van der Waals surface area contributed by atoms with E-state index in [0.717, 1.165) is 17.3 Å². The lowest BCUT2D eigenvalue weighted by Gasteiger charge is -2.34. The Hall–Kier alpha value is -0.590. The average Bonchev–Trinajstić information content (AvgIpc) is 2.40. The Morgan fingerprint density at radius 1 is 1.24 bits per heavy atom. The van der Waals surface area contributed by atoms with Crippen molar-refractivity contribution in [2.45, 2.75) is 38.0 Å². The highest BCUT2D eigenvalue weighted by atomic mass is 79.9.